The van der Waals surface area contributed by atoms with Crippen molar-refractivity contribution in [3.8, 4) is 12.1 Å². The van der Waals surface area contributed by atoms with Crippen molar-refractivity contribution in [1.82, 2.24) is 0 Å². The molecule has 0 heterocycles. The maximum absolute atomic E-state index is 11.6. The molecular weight excluding hydrogens is 308 g/mol. The Labute approximate surface area is 144 Å². The normalized spacial score (nSPS) is 12.5. The molecule has 0 saturated carbocycles. The first-order valence-corrected chi connectivity index (χ1v) is 8.62. The molecule has 6 nitrogen and oxygen atoms in total. The summed E-state index contributed by atoms with van der Waals surface area (Å²) in [5.74, 6) is -0.461. The molecule has 2 atom stereocenters. The summed E-state index contributed by atoms with van der Waals surface area (Å²) in [5.41, 5.74) is 0. The molecule has 0 aromatic carbocycles. The van der Waals surface area contributed by atoms with Gasteiger partial charge in [0.25, 0.3) is 0 Å². The fourth-order valence-corrected chi connectivity index (χ4v) is 2.11. The summed E-state index contributed by atoms with van der Waals surface area (Å²) < 4.78 is 10.4. The standard InChI is InChI=1S/C18H28N2O4/c1-15(9-7-13-19)23-17(21)11-5-3-4-6-12-18(22)24-16(2)10-8-14-20/h15-16H,3-12H2,1-2H3. The number of nitriles is 2. The number of hydrogen-bond acceptors (Lipinski definition) is 6. The summed E-state index contributed by atoms with van der Waals surface area (Å²) in [6.45, 7) is 3.58. The van der Waals surface area contributed by atoms with Crippen LogP contribution in [0.5, 0.6) is 0 Å². The highest BCUT2D eigenvalue weighted by Gasteiger charge is 2.10. The van der Waals surface area contributed by atoms with E-state index in [1.54, 1.807) is 13.8 Å². The first kappa shape index (κ1) is 21.9. The number of hydrogen-bond donors (Lipinski definition) is 0. The predicted molar refractivity (Wildman–Crippen MR) is 88.5 cm³/mol. The van der Waals surface area contributed by atoms with E-state index in [-0.39, 0.29) is 24.1 Å². The molecule has 0 fully saturated rings. The van der Waals surface area contributed by atoms with E-state index in [9.17, 15) is 9.59 Å². The van der Waals surface area contributed by atoms with Crippen molar-refractivity contribution in [2.45, 2.75) is 90.3 Å². The maximum Gasteiger partial charge on any atom is 0.306 e. The smallest absolute Gasteiger partial charge is 0.306 e. The highest BCUT2D eigenvalue weighted by Crippen LogP contribution is 2.10. The quantitative estimate of drug-likeness (QED) is 0.374. The minimum absolute atomic E-state index is 0.213. The van der Waals surface area contributed by atoms with E-state index < -0.39 is 0 Å². The van der Waals surface area contributed by atoms with Crippen LogP contribution in [0.3, 0.4) is 0 Å². The van der Waals surface area contributed by atoms with Crippen LogP contribution in [0.1, 0.15) is 78.1 Å². The minimum Gasteiger partial charge on any atom is -0.463 e. The molecule has 0 amide bonds. The van der Waals surface area contributed by atoms with Gasteiger partial charge in [0, 0.05) is 25.7 Å². The molecule has 0 aromatic rings. The van der Waals surface area contributed by atoms with Gasteiger partial charge in [-0.3, -0.25) is 9.59 Å². The van der Waals surface area contributed by atoms with Crippen LogP contribution in [0, 0.1) is 22.7 Å². The number of ether oxygens (including phenoxy) is 2. The zero-order valence-corrected chi connectivity index (χ0v) is 14.8. The van der Waals surface area contributed by atoms with Gasteiger partial charge in [-0.05, 0) is 39.5 Å². The summed E-state index contributed by atoms with van der Waals surface area (Å²) >= 11 is 0. The van der Waals surface area contributed by atoms with E-state index in [1.807, 2.05) is 12.1 Å². The Morgan fingerprint density at radius 2 is 1.17 bits per heavy atom. The third-order valence-electron chi connectivity index (χ3n) is 3.50. The Bertz CT molecular complexity index is 409. The molecule has 0 spiro atoms. The van der Waals surface area contributed by atoms with Crippen molar-refractivity contribution in [3.05, 3.63) is 0 Å². The van der Waals surface area contributed by atoms with Crippen LogP contribution in [0.25, 0.3) is 0 Å². The second-order valence-corrected chi connectivity index (χ2v) is 5.91. The molecule has 0 bridgehead atoms. The Morgan fingerprint density at radius 3 is 1.50 bits per heavy atom. The lowest BCUT2D eigenvalue weighted by molar-refractivity contribution is -0.149. The summed E-state index contributed by atoms with van der Waals surface area (Å²) in [7, 11) is 0. The van der Waals surface area contributed by atoms with Crippen molar-refractivity contribution < 1.29 is 19.1 Å². The van der Waals surface area contributed by atoms with E-state index in [2.05, 4.69) is 0 Å². The average molecular weight is 336 g/mol. The monoisotopic (exact) mass is 336 g/mol. The average Bonchev–Trinajstić information content (AvgIpc) is 2.54. The molecule has 0 aromatic heterocycles. The van der Waals surface area contributed by atoms with Crippen LogP contribution in [0.4, 0.5) is 0 Å². The molecule has 0 rings (SSSR count). The van der Waals surface area contributed by atoms with Crippen LogP contribution >= 0.6 is 0 Å². The fraction of sp³-hybridized carbons (Fsp3) is 0.778. The van der Waals surface area contributed by atoms with Gasteiger partial charge in [0.2, 0.25) is 0 Å². The number of rotatable bonds is 13. The van der Waals surface area contributed by atoms with Gasteiger partial charge in [0.15, 0.2) is 0 Å². The van der Waals surface area contributed by atoms with E-state index in [1.165, 1.54) is 0 Å². The summed E-state index contributed by atoms with van der Waals surface area (Å²) in [4.78, 5) is 23.1. The van der Waals surface area contributed by atoms with Crippen molar-refractivity contribution in [2.24, 2.45) is 0 Å². The molecule has 6 heteroatoms. The third-order valence-corrected chi connectivity index (χ3v) is 3.50. The van der Waals surface area contributed by atoms with Crippen molar-refractivity contribution >= 4 is 11.9 Å². The second kappa shape index (κ2) is 14.5. The van der Waals surface area contributed by atoms with E-state index in [0.29, 0.717) is 38.5 Å². The molecular formula is C18H28N2O4. The Morgan fingerprint density at radius 1 is 0.792 bits per heavy atom. The number of esters is 2. The molecule has 0 saturated heterocycles. The van der Waals surface area contributed by atoms with E-state index in [0.717, 1.165) is 25.7 Å². The highest BCUT2D eigenvalue weighted by molar-refractivity contribution is 5.69. The molecule has 24 heavy (non-hydrogen) atoms. The molecule has 0 aliphatic carbocycles. The van der Waals surface area contributed by atoms with Gasteiger partial charge in [-0.15, -0.1) is 0 Å². The van der Waals surface area contributed by atoms with Gasteiger partial charge >= 0.3 is 11.9 Å². The maximum atomic E-state index is 11.6. The minimum atomic E-state index is -0.230. The summed E-state index contributed by atoms with van der Waals surface area (Å²) in [5, 5.41) is 16.9. The first-order chi connectivity index (χ1) is 11.5. The lowest BCUT2D eigenvalue weighted by Crippen LogP contribution is -2.14. The van der Waals surface area contributed by atoms with Crippen molar-refractivity contribution in [3.63, 3.8) is 0 Å². The number of unbranched alkanes of at least 4 members (excludes halogenated alkanes) is 3. The van der Waals surface area contributed by atoms with Gasteiger partial charge in [0.1, 0.15) is 0 Å². The largest absolute Gasteiger partial charge is 0.463 e. The van der Waals surface area contributed by atoms with E-state index >= 15 is 0 Å². The van der Waals surface area contributed by atoms with Crippen LogP contribution in [0.2, 0.25) is 0 Å². The van der Waals surface area contributed by atoms with Crippen LogP contribution in [0.15, 0.2) is 0 Å². The lowest BCUT2D eigenvalue weighted by atomic mass is 10.1. The van der Waals surface area contributed by atoms with Crippen LogP contribution in [-0.2, 0) is 19.1 Å². The zero-order valence-electron chi connectivity index (χ0n) is 14.8. The SMILES string of the molecule is CC(CCC#N)OC(=O)CCCCCCC(=O)OC(C)CCC#N. The van der Waals surface area contributed by atoms with Gasteiger partial charge in [-0.25, -0.2) is 0 Å². The fourth-order valence-electron chi connectivity index (χ4n) is 2.11. The molecule has 2 unspecified atom stereocenters. The summed E-state index contributed by atoms with van der Waals surface area (Å²) in [6, 6.07) is 4.05. The Kier molecular flexibility index (Phi) is 13.3. The van der Waals surface area contributed by atoms with Gasteiger partial charge in [-0.2, -0.15) is 10.5 Å². The third kappa shape index (κ3) is 13.6. The van der Waals surface area contributed by atoms with Crippen molar-refractivity contribution in [1.29, 1.82) is 10.5 Å². The number of carbonyl (C=O) groups excluding carboxylic acids is 2. The summed E-state index contributed by atoms with van der Waals surface area (Å²) in [6.07, 6.45) is 5.41. The van der Waals surface area contributed by atoms with Crippen molar-refractivity contribution in [2.75, 3.05) is 0 Å². The van der Waals surface area contributed by atoms with Gasteiger partial charge in [-0.1, -0.05) is 12.8 Å². The molecule has 0 N–H and O–H groups in total. The van der Waals surface area contributed by atoms with Gasteiger partial charge in [0.05, 0.1) is 24.3 Å². The Hall–Kier alpha value is -2.08. The predicted octanol–water partition coefficient (Wildman–Crippen LogP) is 3.80. The highest BCUT2D eigenvalue weighted by atomic mass is 16.5. The topological polar surface area (TPSA) is 100 Å². The molecule has 0 aliphatic rings. The van der Waals surface area contributed by atoms with Crippen LogP contribution < -0.4 is 0 Å². The first-order valence-electron chi connectivity index (χ1n) is 8.62. The molecule has 0 radical (unpaired) electrons. The number of carbonyl (C=O) groups is 2. The lowest BCUT2D eigenvalue weighted by Gasteiger charge is -2.12. The Balaban J connectivity index is 3.56. The van der Waals surface area contributed by atoms with Crippen LogP contribution in [-0.4, -0.2) is 24.1 Å². The van der Waals surface area contributed by atoms with Gasteiger partial charge < -0.3 is 9.47 Å². The van der Waals surface area contributed by atoms with E-state index in [4.69, 9.17) is 20.0 Å². The molecule has 134 valence electrons. The zero-order chi connectivity index (χ0) is 18.2. The second-order valence-electron chi connectivity index (χ2n) is 5.91. The molecule has 0 aliphatic heterocycles. The number of nitrogens with zero attached hydrogens (tertiary/aromatic N) is 2.